The summed E-state index contributed by atoms with van der Waals surface area (Å²) in [5, 5.41) is 1.84. The van der Waals surface area contributed by atoms with Crippen LogP contribution in [-0.2, 0) is 20.7 Å². The molecular formula is C28H29N3O4. The third-order valence-electron chi connectivity index (χ3n) is 7.09. The van der Waals surface area contributed by atoms with Gasteiger partial charge in [-0.2, -0.15) is 0 Å². The summed E-state index contributed by atoms with van der Waals surface area (Å²) in [5.74, 6) is 1.06. The van der Waals surface area contributed by atoms with E-state index in [9.17, 15) is 9.59 Å². The standard InChI is InChI=1S/C28H29N3O4/c1-2-34-27(33)23(31-24-17-25(32)28(24)12-4-3-5-13-28)16-19-6-8-21(9-7-19)35-26-22-18-29-14-10-20(22)11-15-30-26/h6-11,14-15,18,23H,2-5,12-13,16-17H2,1H3/t23-/m0/s1. The number of pyridine rings is 2. The number of aliphatic imine (C=N–C) groups is 1. The van der Waals surface area contributed by atoms with Gasteiger partial charge in [0.1, 0.15) is 11.5 Å². The second kappa shape index (κ2) is 9.94. The van der Waals surface area contributed by atoms with Crippen LogP contribution in [0.15, 0.2) is 60.0 Å². The molecule has 0 saturated heterocycles. The van der Waals surface area contributed by atoms with E-state index in [4.69, 9.17) is 14.5 Å². The lowest BCUT2D eigenvalue weighted by molar-refractivity contribution is -0.144. The molecule has 180 valence electrons. The fraction of sp³-hybridized carbons (Fsp3) is 0.393. The van der Waals surface area contributed by atoms with Gasteiger partial charge in [0.25, 0.3) is 0 Å². The first kappa shape index (κ1) is 23.1. The Morgan fingerprint density at radius 3 is 2.60 bits per heavy atom. The molecule has 0 aliphatic heterocycles. The summed E-state index contributed by atoms with van der Waals surface area (Å²) < 4.78 is 11.3. The lowest BCUT2D eigenvalue weighted by atomic mass is 9.58. The highest BCUT2D eigenvalue weighted by molar-refractivity contribution is 6.27. The molecule has 2 heterocycles. The normalized spacial score (nSPS) is 18.9. The van der Waals surface area contributed by atoms with Gasteiger partial charge < -0.3 is 9.47 Å². The number of Topliss-reactive ketones (excluding diaryl/α,β-unsaturated/α-hetero) is 1. The molecule has 1 aromatic carbocycles. The third-order valence-corrected chi connectivity index (χ3v) is 7.09. The average molecular weight is 472 g/mol. The Hall–Kier alpha value is -3.61. The van der Waals surface area contributed by atoms with Crippen molar-refractivity contribution in [1.29, 1.82) is 0 Å². The van der Waals surface area contributed by atoms with Gasteiger partial charge in [0.2, 0.25) is 5.88 Å². The largest absolute Gasteiger partial charge is 0.464 e. The van der Waals surface area contributed by atoms with Crippen LogP contribution in [0.4, 0.5) is 0 Å². The van der Waals surface area contributed by atoms with Gasteiger partial charge in [0, 0.05) is 37.1 Å². The van der Waals surface area contributed by atoms with Crippen molar-refractivity contribution >= 4 is 28.2 Å². The van der Waals surface area contributed by atoms with Gasteiger partial charge in [-0.25, -0.2) is 9.78 Å². The van der Waals surface area contributed by atoms with Gasteiger partial charge in [-0.15, -0.1) is 0 Å². The molecule has 2 aromatic heterocycles. The van der Waals surface area contributed by atoms with Gasteiger partial charge in [-0.05, 0) is 55.0 Å². The molecule has 1 spiro atoms. The van der Waals surface area contributed by atoms with Crippen LogP contribution >= 0.6 is 0 Å². The zero-order chi connectivity index (χ0) is 24.3. The Morgan fingerprint density at radius 2 is 1.86 bits per heavy atom. The Kier molecular flexibility index (Phi) is 6.57. The highest BCUT2D eigenvalue weighted by Crippen LogP contribution is 2.47. The first-order valence-electron chi connectivity index (χ1n) is 12.3. The molecule has 0 N–H and O–H groups in total. The zero-order valence-electron chi connectivity index (χ0n) is 19.9. The molecule has 0 unspecified atom stereocenters. The molecule has 2 saturated carbocycles. The topological polar surface area (TPSA) is 90.7 Å². The molecule has 1 atom stereocenters. The summed E-state index contributed by atoms with van der Waals surface area (Å²) in [6.45, 7) is 2.09. The number of nitrogens with zero attached hydrogens (tertiary/aromatic N) is 3. The predicted octanol–water partition coefficient (Wildman–Crippen LogP) is 5.26. The van der Waals surface area contributed by atoms with Gasteiger partial charge in [-0.3, -0.25) is 14.8 Å². The minimum absolute atomic E-state index is 0.275. The number of rotatable bonds is 7. The van der Waals surface area contributed by atoms with E-state index in [1.54, 1.807) is 25.5 Å². The minimum Gasteiger partial charge on any atom is -0.464 e. The first-order chi connectivity index (χ1) is 17.1. The monoisotopic (exact) mass is 471 g/mol. The van der Waals surface area contributed by atoms with E-state index in [1.165, 1.54) is 0 Å². The molecule has 0 bridgehead atoms. The van der Waals surface area contributed by atoms with Gasteiger partial charge in [0.15, 0.2) is 6.04 Å². The van der Waals surface area contributed by atoms with Crippen LogP contribution in [0.1, 0.15) is 51.0 Å². The smallest absolute Gasteiger partial charge is 0.331 e. The van der Waals surface area contributed by atoms with E-state index in [0.29, 0.717) is 31.1 Å². The number of aromatic nitrogens is 2. The summed E-state index contributed by atoms with van der Waals surface area (Å²) in [5.41, 5.74) is 1.40. The molecule has 0 radical (unpaired) electrons. The van der Waals surface area contributed by atoms with E-state index in [2.05, 4.69) is 9.97 Å². The minimum atomic E-state index is -0.658. The lowest BCUT2D eigenvalue weighted by Gasteiger charge is -2.44. The Bertz CT molecular complexity index is 1260. The lowest BCUT2D eigenvalue weighted by Crippen LogP contribution is -2.52. The Morgan fingerprint density at radius 1 is 1.09 bits per heavy atom. The zero-order valence-corrected chi connectivity index (χ0v) is 19.9. The maximum atomic E-state index is 12.8. The Labute approximate surface area is 204 Å². The van der Waals surface area contributed by atoms with E-state index in [1.807, 2.05) is 36.4 Å². The molecule has 2 aliphatic rings. The fourth-order valence-electron chi connectivity index (χ4n) is 5.14. The first-order valence-corrected chi connectivity index (χ1v) is 12.3. The summed E-state index contributed by atoms with van der Waals surface area (Å²) in [7, 11) is 0. The number of ether oxygens (including phenoxy) is 2. The molecule has 2 fully saturated rings. The number of fused-ring (bicyclic) bond motifs is 1. The molecular weight excluding hydrogens is 442 g/mol. The number of hydrogen-bond acceptors (Lipinski definition) is 7. The number of carbonyl (C=O) groups is 2. The van der Waals surface area contributed by atoms with Crippen molar-refractivity contribution in [3.63, 3.8) is 0 Å². The van der Waals surface area contributed by atoms with Crippen molar-refractivity contribution in [3.05, 3.63) is 60.6 Å². The van der Waals surface area contributed by atoms with Crippen LogP contribution < -0.4 is 4.74 Å². The quantitative estimate of drug-likeness (QED) is 0.437. The molecule has 2 aliphatic carbocycles. The maximum absolute atomic E-state index is 12.8. The van der Waals surface area contributed by atoms with E-state index in [-0.39, 0.29) is 11.8 Å². The van der Waals surface area contributed by atoms with E-state index in [0.717, 1.165) is 54.2 Å². The molecule has 7 nitrogen and oxygen atoms in total. The number of benzene rings is 1. The summed E-state index contributed by atoms with van der Waals surface area (Å²) in [4.78, 5) is 38.6. The van der Waals surface area contributed by atoms with Crippen molar-refractivity contribution in [2.24, 2.45) is 10.4 Å². The highest BCUT2D eigenvalue weighted by atomic mass is 16.5. The third kappa shape index (κ3) is 4.67. The summed E-state index contributed by atoms with van der Waals surface area (Å²) in [6.07, 6.45) is 10.9. The van der Waals surface area contributed by atoms with Crippen molar-refractivity contribution in [3.8, 4) is 11.6 Å². The number of carbonyl (C=O) groups excluding carboxylic acids is 2. The van der Waals surface area contributed by atoms with Crippen molar-refractivity contribution < 1.29 is 19.1 Å². The molecule has 7 heteroatoms. The highest BCUT2D eigenvalue weighted by Gasteiger charge is 2.52. The molecule has 5 rings (SSSR count). The molecule has 35 heavy (non-hydrogen) atoms. The van der Waals surface area contributed by atoms with Crippen LogP contribution in [0.3, 0.4) is 0 Å². The maximum Gasteiger partial charge on any atom is 0.331 e. The predicted molar refractivity (Wildman–Crippen MR) is 133 cm³/mol. The van der Waals surface area contributed by atoms with E-state index < -0.39 is 11.5 Å². The Balaban J connectivity index is 1.33. The van der Waals surface area contributed by atoms with Crippen LogP contribution in [0, 0.1) is 5.41 Å². The van der Waals surface area contributed by atoms with Gasteiger partial charge in [0.05, 0.1) is 17.4 Å². The van der Waals surface area contributed by atoms with Crippen LogP contribution in [0.2, 0.25) is 0 Å². The number of hydrogen-bond donors (Lipinski definition) is 0. The fourth-order valence-corrected chi connectivity index (χ4v) is 5.14. The van der Waals surface area contributed by atoms with Crippen LogP contribution in [0.25, 0.3) is 10.8 Å². The number of ketones is 1. The molecule has 3 aromatic rings. The van der Waals surface area contributed by atoms with Gasteiger partial charge >= 0.3 is 5.97 Å². The average Bonchev–Trinajstić information content (AvgIpc) is 2.90. The van der Waals surface area contributed by atoms with E-state index >= 15 is 0 Å². The second-order valence-electron chi connectivity index (χ2n) is 9.25. The SMILES string of the molecule is CCOC(=O)[C@H](Cc1ccc(Oc2nccc3ccncc23)cc1)N=C1CC(=O)C12CCCCC2. The van der Waals surface area contributed by atoms with Gasteiger partial charge in [-0.1, -0.05) is 31.4 Å². The summed E-state index contributed by atoms with van der Waals surface area (Å²) >= 11 is 0. The summed E-state index contributed by atoms with van der Waals surface area (Å²) in [6, 6.07) is 10.7. The van der Waals surface area contributed by atoms with Crippen LogP contribution in [0.5, 0.6) is 11.6 Å². The van der Waals surface area contributed by atoms with Crippen molar-refractivity contribution in [2.75, 3.05) is 6.61 Å². The second-order valence-corrected chi connectivity index (χ2v) is 9.25. The molecule has 0 amide bonds. The van der Waals surface area contributed by atoms with Crippen molar-refractivity contribution in [2.45, 2.75) is 57.9 Å². The van der Waals surface area contributed by atoms with Crippen molar-refractivity contribution in [1.82, 2.24) is 9.97 Å². The van der Waals surface area contributed by atoms with Crippen LogP contribution in [-0.4, -0.2) is 40.1 Å². The number of esters is 1.